The summed E-state index contributed by atoms with van der Waals surface area (Å²) in [5.74, 6) is -2.67. The summed E-state index contributed by atoms with van der Waals surface area (Å²) in [5, 5.41) is 32.6. The van der Waals surface area contributed by atoms with Crippen LogP contribution in [0.4, 0.5) is 20.6 Å². The van der Waals surface area contributed by atoms with Gasteiger partial charge in [-0.1, -0.05) is 0 Å². The minimum absolute atomic E-state index is 0.0605. The summed E-state index contributed by atoms with van der Waals surface area (Å²) < 4.78 is 12.8. The van der Waals surface area contributed by atoms with E-state index in [0.717, 1.165) is 18.3 Å². The smallest absolute Gasteiger partial charge is 0.358 e. The van der Waals surface area contributed by atoms with Crippen molar-refractivity contribution in [3.05, 3.63) is 47.5 Å². The molecule has 9 heteroatoms. The van der Waals surface area contributed by atoms with E-state index in [1.165, 1.54) is 12.1 Å². The first-order chi connectivity index (χ1) is 10.9. The largest absolute Gasteiger partial charge is 0.505 e. The van der Waals surface area contributed by atoms with Crippen LogP contribution in [-0.4, -0.2) is 32.3 Å². The molecule has 0 aliphatic rings. The number of amides is 2. The Balaban J connectivity index is 2.19. The van der Waals surface area contributed by atoms with E-state index >= 15 is 0 Å². The van der Waals surface area contributed by atoms with Gasteiger partial charge >= 0.3 is 12.0 Å². The van der Waals surface area contributed by atoms with Crippen LogP contribution >= 0.6 is 0 Å². The SMILES string of the molecule is O=C(Nc1ccc(F)cc1)Nc1cnc(C(=O)O)c(O)c1CO. The molecule has 2 amide bonds. The average Bonchev–Trinajstić information content (AvgIpc) is 2.49. The molecule has 0 saturated heterocycles. The first-order valence-corrected chi connectivity index (χ1v) is 6.31. The number of aromatic nitrogens is 1. The van der Waals surface area contributed by atoms with E-state index in [9.17, 15) is 24.2 Å². The van der Waals surface area contributed by atoms with Crippen molar-refractivity contribution in [2.45, 2.75) is 6.61 Å². The van der Waals surface area contributed by atoms with Crippen molar-refractivity contribution in [1.29, 1.82) is 0 Å². The van der Waals surface area contributed by atoms with Crippen molar-refractivity contribution < 1.29 is 29.3 Å². The van der Waals surface area contributed by atoms with E-state index in [0.29, 0.717) is 5.69 Å². The van der Waals surface area contributed by atoms with Gasteiger partial charge in [0.15, 0.2) is 11.4 Å². The second-order valence-electron chi connectivity index (χ2n) is 4.40. The molecule has 8 nitrogen and oxygen atoms in total. The topological polar surface area (TPSA) is 132 Å². The molecule has 2 aromatic rings. The molecule has 0 saturated carbocycles. The third-order valence-electron chi connectivity index (χ3n) is 2.87. The molecule has 0 radical (unpaired) electrons. The third-order valence-corrected chi connectivity index (χ3v) is 2.87. The maximum Gasteiger partial charge on any atom is 0.358 e. The summed E-state index contributed by atoms with van der Waals surface area (Å²) in [4.78, 5) is 26.2. The van der Waals surface area contributed by atoms with Gasteiger partial charge in [0.2, 0.25) is 0 Å². The molecule has 1 aromatic carbocycles. The Morgan fingerprint density at radius 2 is 1.83 bits per heavy atom. The average molecular weight is 321 g/mol. The van der Waals surface area contributed by atoms with Gasteiger partial charge in [-0.15, -0.1) is 0 Å². The van der Waals surface area contributed by atoms with Gasteiger partial charge in [0.05, 0.1) is 18.5 Å². The summed E-state index contributed by atoms with van der Waals surface area (Å²) in [6.45, 7) is -0.708. The Kier molecular flexibility index (Phi) is 4.72. The van der Waals surface area contributed by atoms with Crippen molar-refractivity contribution in [3.8, 4) is 5.75 Å². The Hall–Kier alpha value is -3.20. The van der Waals surface area contributed by atoms with Crippen LogP contribution in [0.2, 0.25) is 0 Å². The van der Waals surface area contributed by atoms with Gasteiger partial charge < -0.3 is 26.0 Å². The van der Waals surface area contributed by atoms with E-state index in [1.807, 2.05) is 0 Å². The Labute approximate surface area is 129 Å². The Bertz CT molecular complexity index is 749. The maximum atomic E-state index is 12.8. The summed E-state index contributed by atoms with van der Waals surface area (Å²) in [6.07, 6.45) is 0.999. The highest BCUT2D eigenvalue weighted by Gasteiger charge is 2.19. The Morgan fingerprint density at radius 1 is 1.17 bits per heavy atom. The lowest BCUT2D eigenvalue weighted by atomic mass is 10.1. The first-order valence-electron chi connectivity index (χ1n) is 6.31. The monoisotopic (exact) mass is 321 g/mol. The number of aliphatic hydroxyl groups is 1. The molecule has 0 bridgehead atoms. The molecule has 0 spiro atoms. The van der Waals surface area contributed by atoms with E-state index in [-0.39, 0.29) is 11.3 Å². The van der Waals surface area contributed by atoms with Crippen LogP contribution in [0.15, 0.2) is 30.5 Å². The predicted molar refractivity (Wildman–Crippen MR) is 77.8 cm³/mol. The van der Waals surface area contributed by atoms with Crippen LogP contribution in [0.25, 0.3) is 0 Å². The molecule has 0 fully saturated rings. The number of carboxylic acids is 1. The highest BCUT2D eigenvalue weighted by Crippen LogP contribution is 2.28. The number of anilines is 2. The number of nitrogens with one attached hydrogen (secondary N) is 2. The van der Waals surface area contributed by atoms with Gasteiger partial charge in [0.1, 0.15) is 5.82 Å². The number of carbonyl (C=O) groups excluding carboxylic acids is 1. The van der Waals surface area contributed by atoms with Crippen molar-refractivity contribution >= 4 is 23.4 Å². The van der Waals surface area contributed by atoms with Gasteiger partial charge in [-0.05, 0) is 24.3 Å². The van der Waals surface area contributed by atoms with E-state index in [1.54, 1.807) is 0 Å². The summed E-state index contributed by atoms with van der Waals surface area (Å²) in [7, 11) is 0. The number of pyridine rings is 1. The molecule has 0 aliphatic carbocycles. The number of nitrogens with zero attached hydrogens (tertiary/aromatic N) is 1. The maximum absolute atomic E-state index is 12.8. The standard InChI is InChI=1S/C14H12FN3O5/c15-7-1-3-8(4-2-7)17-14(23)18-10-5-16-11(13(21)22)12(20)9(10)6-19/h1-5,19-20H,6H2,(H,21,22)(H2,17,18,23). The lowest BCUT2D eigenvalue weighted by Crippen LogP contribution is -2.21. The van der Waals surface area contributed by atoms with Crippen molar-refractivity contribution in [1.82, 2.24) is 4.98 Å². The molecule has 0 atom stereocenters. The number of carboxylic acid groups (broad SMARTS) is 1. The fourth-order valence-corrected chi connectivity index (χ4v) is 1.78. The predicted octanol–water partition coefficient (Wildman–Crippen LogP) is 1.76. The van der Waals surface area contributed by atoms with Crippen LogP contribution in [0.5, 0.6) is 5.75 Å². The molecule has 1 aromatic heterocycles. The summed E-state index contributed by atoms with van der Waals surface area (Å²) in [5.41, 5.74) is -0.575. The molecule has 0 unspecified atom stereocenters. The number of aliphatic hydroxyl groups excluding tert-OH is 1. The molecule has 1 heterocycles. The van der Waals surface area contributed by atoms with E-state index < -0.39 is 35.9 Å². The quantitative estimate of drug-likeness (QED) is 0.583. The number of rotatable bonds is 4. The van der Waals surface area contributed by atoms with Crippen molar-refractivity contribution in [2.75, 3.05) is 10.6 Å². The minimum Gasteiger partial charge on any atom is -0.505 e. The van der Waals surface area contributed by atoms with Gasteiger partial charge in [0.25, 0.3) is 0 Å². The number of benzene rings is 1. The lowest BCUT2D eigenvalue weighted by Gasteiger charge is -2.12. The summed E-state index contributed by atoms with van der Waals surface area (Å²) in [6, 6.07) is 4.25. The van der Waals surface area contributed by atoms with E-state index in [2.05, 4.69) is 15.6 Å². The van der Waals surface area contributed by atoms with Crippen LogP contribution in [-0.2, 0) is 6.61 Å². The fraction of sp³-hybridized carbons (Fsp3) is 0.0714. The number of urea groups is 1. The zero-order valence-corrected chi connectivity index (χ0v) is 11.6. The second kappa shape index (κ2) is 6.71. The molecule has 5 N–H and O–H groups in total. The normalized spacial score (nSPS) is 10.2. The molecule has 0 aliphatic heterocycles. The van der Waals surface area contributed by atoms with Gasteiger partial charge in [0, 0.05) is 11.3 Å². The summed E-state index contributed by atoms with van der Waals surface area (Å²) >= 11 is 0. The zero-order chi connectivity index (χ0) is 17.0. The fourth-order valence-electron chi connectivity index (χ4n) is 1.78. The molecular weight excluding hydrogens is 309 g/mol. The third kappa shape index (κ3) is 3.71. The van der Waals surface area contributed by atoms with Crippen LogP contribution < -0.4 is 10.6 Å². The van der Waals surface area contributed by atoms with Crippen molar-refractivity contribution in [2.24, 2.45) is 0 Å². The van der Waals surface area contributed by atoms with Crippen molar-refractivity contribution in [3.63, 3.8) is 0 Å². The molecule has 120 valence electrons. The zero-order valence-electron chi connectivity index (χ0n) is 11.6. The number of hydrogen-bond acceptors (Lipinski definition) is 5. The molecular formula is C14H12FN3O5. The molecule has 2 rings (SSSR count). The number of aromatic hydroxyl groups is 1. The molecule has 23 heavy (non-hydrogen) atoms. The van der Waals surface area contributed by atoms with Crippen LogP contribution in [0, 0.1) is 5.82 Å². The second-order valence-corrected chi connectivity index (χ2v) is 4.40. The van der Waals surface area contributed by atoms with Crippen LogP contribution in [0.3, 0.4) is 0 Å². The first kappa shape index (κ1) is 16.2. The number of carbonyl (C=O) groups is 2. The highest BCUT2D eigenvalue weighted by molar-refractivity contribution is 6.01. The number of halogens is 1. The van der Waals surface area contributed by atoms with Gasteiger partial charge in [-0.25, -0.2) is 19.0 Å². The van der Waals surface area contributed by atoms with Gasteiger partial charge in [-0.2, -0.15) is 0 Å². The number of aromatic carboxylic acids is 1. The highest BCUT2D eigenvalue weighted by atomic mass is 19.1. The minimum atomic E-state index is -1.47. The van der Waals surface area contributed by atoms with Gasteiger partial charge in [-0.3, -0.25) is 0 Å². The number of hydrogen-bond donors (Lipinski definition) is 5. The van der Waals surface area contributed by atoms with E-state index in [4.69, 9.17) is 5.11 Å². The Morgan fingerprint density at radius 3 is 2.39 bits per heavy atom. The van der Waals surface area contributed by atoms with Crippen LogP contribution in [0.1, 0.15) is 16.1 Å². The lowest BCUT2D eigenvalue weighted by molar-refractivity contribution is 0.0686.